The van der Waals surface area contributed by atoms with Crippen molar-refractivity contribution < 1.29 is 33.5 Å². The lowest BCUT2D eigenvalue weighted by molar-refractivity contribution is -0.128. The predicted molar refractivity (Wildman–Crippen MR) is 143 cm³/mol. The first-order chi connectivity index (χ1) is 17.9. The lowest BCUT2D eigenvalue weighted by Crippen LogP contribution is -2.48. The molecule has 2 aromatic carbocycles. The van der Waals surface area contributed by atoms with Crippen molar-refractivity contribution in [1.82, 2.24) is 10.6 Å². The van der Waals surface area contributed by atoms with Gasteiger partial charge in [-0.1, -0.05) is 37.5 Å². The molecule has 2 aromatic rings. The molecule has 3 rings (SSSR count). The fourth-order valence-corrected chi connectivity index (χ4v) is 5.15. The fourth-order valence-electron chi connectivity index (χ4n) is 4.61. The Labute approximate surface area is 222 Å². The Kier molecular flexibility index (Phi) is 10.1. The van der Waals surface area contributed by atoms with E-state index in [4.69, 9.17) is 10.5 Å². The highest BCUT2D eigenvalue weighted by Crippen LogP contribution is 2.33. The standard InChI is InChI=1S/C27H36N3O7P/c1-17(21-10-13-25(23(15-21)26(28)32)37-16-20-6-4-3-5-7-20)29-27(33)24(30-18(2)31)14-19-8-11-22(12-9-19)38(34,35)36/h8-13,15,17,20,24H,3-7,14,16H2,1-2H3,(H2,28,32)(H,29,33)(H,30,31)(H2,34,35,36). The summed E-state index contributed by atoms with van der Waals surface area (Å²) in [5.74, 6) is -0.606. The maximum Gasteiger partial charge on any atom is 0.356 e. The molecule has 206 valence electrons. The van der Waals surface area contributed by atoms with Gasteiger partial charge in [0.25, 0.3) is 5.91 Å². The molecular formula is C27H36N3O7P. The average Bonchev–Trinajstić information content (AvgIpc) is 2.87. The Morgan fingerprint density at radius 3 is 2.29 bits per heavy atom. The number of primary amides is 1. The van der Waals surface area contributed by atoms with Gasteiger partial charge in [0.1, 0.15) is 11.8 Å². The van der Waals surface area contributed by atoms with Crippen molar-refractivity contribution in [2.75, 3.05) is 6.61 Å². The van der Waals surface area contributed by atoms with Gasteiger partial charge in [-0.2, -0.15) is 0 Å². The zero-order valence-corrected chi connectivity index (χ0v) is 22.6. The van der Waals surface area contributed by atoms with Gasteiger partial charge in [0.15, 0.2) is 0 Å². The van der Waals surface area contributed by atoms with Crippen LogP contribution in [-0.2, 0) is 20.6 Å². The lowest BCUT2D eigenvalue weighted by Gasteiger charge is -2.23. The zero-order chi connectivity index (χ0) is 27.9. The van der Waals surface area contributed by atoms with Gasteiger partial charge in [-0.15, -0.1) is 0 Å². The van der Waals surface area contributed by atoms with Gasteiger partial charge in [0.2, 0.25) is 11.8 Å². The van der Waals surface area contributed by atoms with E-state index >= 15 is 0 Å². The van der Waals surface area contributed by atoms with E-state index in [9.17, 15) is 28.7 Å². The average molecular weight is 546 g/mol. The third-order valence-corrected chi connectivity index (χ3v) is 7.70. The molecule has 0 aliphatic heterocycles. The molecule has 2 unspecified atom stereocenters. The van der Waals surface area contributed by atoms with E-state index in [0.717, 1.165) is 12.8 Å². The third-order valence-electron chi connectivity index (χ3n) is 6.73. The van der Waals surface area contributed by atoms with E-state index in [-0.39, 0.29) is 17.3 Å². The number of nitrogens with two attached hydrogens (primary N) is 1. The van der Waals surface area contributed by atoms with Gasteiger partial charge in [0, 0.05) is 13.3 Å². The minimum absolute atomic E-state index is 0.111. The van der Waals surface area contributed by atoms with Gasteiger partial charge in [0.05, 0.1) is 23.5 Å². The summed E-state index contributed by atoms with van der Waals surface area (Å²) in [6, 6.07) is 9.23. The van der Waals surface area contributed by atoms with Gasteiger partial charge < -0.3 is 30.9 Å². The Bertz CT molecular complexity index is 1190. The number of benzene rings is 2. The third kappa shape index (κ3) is 8.41. The molecule has 10 nitrogen and oxygen atoms in total. The molecule has 1 aliphatic rings. The van der Waals surface area contributed by atoms with E-state index in [2.05, 4.69) is 10.6 Å². The van der Waals surface area contributed by atoms with Crippen molar-refractivity contribution in [2.24, 2.45) is 11.7 Å². The second kappa shape index (κ2) is 13.0. The molecular weight excluding hydrogens is 509 g/mol. The fraction of sp³-hybridized carbons (Fsp3) is 0.444. The quantitative estimate of drug-likeness (QED) is 0.270. The van der Waals surface area contributed by atoms with Gasteiger partial charge in [-0.3, -0.25) is 18.9 Å². The number of amides is 3. The monoisotopic (exact) mass is 545 g/mol. The molecule has 38 heavy (non-hydrogen) atoms. The number of nitrogens with one attached hydrogen (secondary N) is 2. The van der Waals surface area contributed by atoms with Crippen LogP contribution < -0.4 is 26.4 Å². The number of carbonyl (C=O) groups excluding carboxylic acids is 3. The van der Waals surface area contributed by atoms with Crippen LogP contribution in [0.25, 0.3) is 0 Å². The molecule has 2 atom stereocenters. The molecule has 0 aromatic heterocycles. The predicted octanol–water partition coefficient (Wildman–Crippen LogP) is 2.47. The van der Waals surface area contributed by atoms with Crippen molar-refractivity contribution in [3.8, 4) is 5.75 Å². The van der Waals surface area contributed by atoms with Crippen molar-refractivity contribution in [3.05, 3.63) is 59.2 Å². The number of carbonyl (C=O) groups is 3. The second-order valence-electron chi connectivity index (χ2n) is 9.83. The summed E-state index contributed by atoms with van der Waals surface area (Å²) >= 11 is 0. The SMILES string of the molecule is CC(=O)NC(Cc1ccc(P(=O)(O)O)cc1)C(=O)NC(C)c1ccc(OCC2CCCCC2)c(C(N)=O)c1. The number of hydrogen-bond acceptors (Lipinski definition) is 5. The van der Waals surface area contributed by atoms with Crippen LogP contribution in [0.15, 0.2) is 42.5 Å². The summed E-state index contributed by atoms with van der Waals surface area (Å²) in [5.41, 5.74) is 7.11. The van der Waals surface area contributed by atoms with E-state index in [1.165, 1.54) is 50.5 Å². The summed E-state index contributed by atoms with van der Waals surface area (Å²) in [4.78, 5) is 55.6. The van der Waals surface area contributed by atoms with Crippen LogP contribution in [0.5, 0.6) is 5.75 Å². The Balaban J connectivity index is 1.69. The van der Waals surface area contributed by atoms with Crippen LogP contribution >= 0.6 is 7.60 Å². The highest BCUT2D eigenvalue weighted by molar-refractivity contribution is 7.60. The van der Waals surface area contributed by atoms with Crippen molar-refractivity contribution >= 4 is 30.6 Å². The van der Waals surface area contributed by atoms with E-state index in [0.29, 0.717) is 29.4 Å². The summed E-state index contributed by atoms with van der Waals surface area (Å²) in [5, 5.41) is 5.34. The van der Waals surface area contributed by atoms with Crippen LogP contribution in [-0.4, -0.2) is 40.2 Å². The molecule has 0 saturated heterocycles. The van der Waals surface area contributed by atoms with E-state index < -0.39 is 37.4 Å². The second-order valence-corrected chi connectivity index (χ2v) is 11.4. The summed E-state index contributed by atoms with van der Waals surface area (Å²) < 4.78 is 17.4. The van der Waals surface area contributed by atoms with Gasteiger partial charge >= 0.3 is 7.60 Å². The minimum Gasteiger partial charge on any atom is -0.492 e. The molecule has 6 N–H and O–H groups in total. The summed E-state index contributed by atoms with van der Waals surface area (Å²) in [7, 11) is -4.38. The Hall–Kier alpha value is -3.20. The smallest absolute Gasteiger partial charge is 0.356 e. The number of ether oxygens (including phenoxy) is 1. The van der Waals surface area contributed by atoms with Crippen molar-refractivity contribution in [2.45, 2.75) is 64.5 Å². The van der Waals surface area contributed by atoms with Crippen LogP contribution in [0.4, 0.5) is 0 Å². The van der Waals surface area contributed by atoms with E-state index in [1.807, 2.05) is 0 Å². The van der Waals surface area contributed by atoms with Crippen LogP contribution in [0.2, 0.25) is 0 Å². The highest BCUT2D eigenvalue weighted by Gasteiger charge is 2.24. The molecule has 1 saturated carbocycles. The van der Waals surface area contributed by atoms with Crippen molar-refractivity contribution in [1.29, 1.82) is 0 Å². The molecule has 3 amide bonds. The number of hydrogen-bond donors (Lipinski definition) is 5. The van der Waals surface area contributed by atoms with Crippen LogP contribution in [0, 0.1) is 5.92 Å². The highest BCUT2D eigenvalue weighted by atomic mass is 31.2. The van der Waals surface area contributed by atoms with Crippen LogP contribution in [0.3, 0.4) is 0 Å². The minimum atomic E-state index is -4.38. The molecule has 0 spiro atoms. The Morgan fingerprint density at radius 2 is 1.71 bits per heavy atom. The van der Waals surface area contributed by atoms with E-state index in [1.54, 1.807) is 25.1 Å². The molecule has 1 aliphatic carbocycles. The summed E-state index contributed by atoms with van der Waals surface area (Å²) in [6.07, 6.45) is 5.94. The Morgan fingerprint density at radius 1 is 1.05 bits per heavy atom. The number of rotatable bonds is 11. The topological polar surface area (TPSA) is 168 Å². The lowest BCUT2D eigenvalue weighted by atomic mass is 9.90. The normalized spacial score (nSPS) is 15.8. The molecule has 1 fully saturated rings. The van der Waals surface area contributed by atoms with Gasteiger partial charge in [-0.25, -0.2) is 0 Å². The maximum atomic E-state index is 13.1. The van der Waals surface area contributed by atoms with Gasteiger partial charge in [-0.05, 0) is 61.1 Å². The molecule has 0 bridgehead atoms. The first kappa shape index (κ1) is 29.4. The largest absolute Gasteiger partial charge is 0.492 e. The maximum absolute atomic E-state index is 13.1. The zero-order valence-electron chi connectivity index (χ0n) is 21.7. The van der Waals surface area contributed by atoms with Crippen molar-refractivity contribution in [3.63, 3.8) is 0 Å². The first-order valence-electron chi connectivity index (χ1n) is 12.7. The molecule has 0 radical (unpaired) electrons. The summed E-state index contributed by atoms with van der Waals surface area (Å²) in [6.45, 7) is 3.57. The molecule has 0 heterocycles. The molecule has 11 heteroatoms. The first-order valence-corrected chi connectivity index (χ1v) is 14.3. The van der Waals surface area contributed by atoms with Crippen LogP contribution in [0.1, 0.15) is 73.5 Å².